The molecule has 0 spiro atoms. The molecule has 1 aliphatic carbocycles. The van der Waals surface area contributed by atoms with Gasteiger partial charge in [0.2, 0.25) is 11.8 Å². The van der Waals surface area contributed by atoms with Crippen LogP contribution in [0.2, 0.25) is 0 Å². The van der Waals surface area contributed by atoms with E-state index in [2.05, 4.69) is 5.32 Å². The third-order valence-electron chi connectivity index (χ3n) is 4.91. The van der Waals surface area contributed by atoms with Gasteiger partial charge in [0, 0.05) is 19.5 Å². The number of nitrogens with one attached hydrogen (secondary N) is 1. The van der Waals surface area contributed by atoms with Gasteiger partial charge < -0.3 is 15.3 Å². The maximum Gasteiger partial charge on any atom is 0.333 e. The summed E-state index contributed by atoms with van der Waals surface area (Å²) in [4.78, 5) is 38.1. The van der Waals surface area contributed by atoms with E-state index >= 15 is 0 Å². The number of aliphatic carboxylic acids is 1. The number of benzene rings is 1. The highest BCUT2D eigenvalue weighted by Crippen LogP contribution is 2.32. The van der Waals surface area contributed by atoms with Gasteiger partial charge in [-0.15, -0.1) is 0 Å². The molecule has 2 fully saturated rings. The highest BCUT2D eigenvalue weighted by atomic mass is 16.4. The summed E-state index contributed by atoms with van der Waals surface area (Å²) < 4.78 is 0. The first-order valence-electron chi connectivity index (χ1n) is 8.29. The van der Waals surface area contributed by atoms with Gasteiger partial charge in [0.1, 0.15) is 0 Å². The molecular weight excluding hydrogens is 308 g/mol. The van der Waals surface area contributed by atoms with Crippen molar-refractivity contribution >= 4 is 17.8 Å². The lowest BCUT2D eigenvalue weighted by Crippen LogP contribution is -2.51. The van der Waals surface area contributed by atoms with E-state index in [1.165, 1.54) is 6.92 Å². The number of nitrogens with zero attached hydrogens (tertiary/aromatic N) is 1. The average molecular weight is 330 g/mol. The predicted octanol–water partition coefficient (Wildman–Crippen LogP) is 1.36. The van der Waals surface area contributed by atoms with Crippen LogP contribution < -0.4 is 5.32 Å². The van der Waals surface area contributed by atoms with Gasteiger partial charge in [-0.3, -0.25) is 9.59 Å². The van der Waals surface area contributed by atoms with Crippen molar-refractivity contribution in [2.75, 3.05) is 13.1 Å². The van der Waals surface area contributed by atoms with Crippen LogP contribution in [-0.2, 0) is 19.9 Å². The molecule has 3 rings (SSSR count). The summed E-state index contributed by atoms with van der Waals surface area (Å²) in [5.41, 5.74) is -1.00. The molecule has 1 saturated heterocycles. The van der Waals surface area contributed by atoms with E-state index in [1.54, 1.807) is 35.2 Å². The van der Waals surface area contributed by atoms with E-state index in [1.807, 2.05) is 0 Å². The Hall–Kier alpha value is -2.37. The van der Waals surface area contributed by atoms with E-state index in [-0.39, 0.29) is 18.2 Å². The van der Waals surface area contributed by atoms with Crippen LogP contribution in [0.25, 0.3) is 0 Å². The average Bonchev–Trinajstić information content (AvgIpc) is 3.30. The first kappa shape index (κ1) is 16.5. The van der Waals surface area contributed by atoms with Gasteiger partial charge in [0.25, 0.3) is 0 Å². The van der Waals surface area contributed by atoms with E-state index in [0.717, 1.165) is 19.4 Å². The van der Waals surface area contributed by atoms with Crippen LogP contribution >= 0.6 is 0 Å². The molecule has 24 heavy (non-hydrogen) atoms. The monoisotopic (exact) mass is 330 g/mol. The van der Waals surface area contributed by atoms with Crippen molar-refractivity contribution in [1.29, 1.82) is 0 Å². The number of rotatable bonds is 6. The van der Waals surface area contributed by atoms with Crippen LogP contribution in [0, 0.1) is 11.8 Å². The maximum absolute atomic E-state index is 12.6. The number of carbonyl (C=O) groups excluding carboxylic acids is 2. The van der Waals surface area contributed by atoms with Crippen molar-refractivity contribution in [1.82, 2.24) is 10.2 Å². The molecule has 2 atom stereocenters. The van der Waals surface area contributed by atoms with Crippen molar-refractivity contribution in [3.8, 4) is 0 Å². The van der Waals surface area contributed by atoms with Gasteiger partial charge in [-0.25, -0.2) is 4.79 Å². The molecular formula is C18H22N2O4. The third kappa shape index (κ3) is 3.27. The van der Waals surface area contributed by atoms with Gasteiger partial charge in [0.15, 0.2) is 5.54 Å². The molecule has 1 heterocycles. The number of amides is 2. The molecule has 0 unspecified atom stereocenters. The summed E-state index contributed by atoms with van der Waals surface area (Å²) in [7, 11) is 0. The zero-order valence-corrected chi connectivity index (χ0v) is 13.7. The summed E-state index contributed by atoms with van der Waals surface area (Å²) in [5.74, 6) is -1.43. The fourth-order valence-electron chi connectivity index (χ4n) is 3.11. The number of likely N-dealkylation sites (tertiary alicyclic amines) is 1. The number of hydrogen-bond donors (Lipinski definition) is 2. The minimum absolute atomic E-state index is 0.0150. The number of carboxylic acid groups (broad SMARTS) is 1. The van der Waals surface area contributed by atoms with Crippen molar-refractivity contribution in [3.63, 3.8) is 0 Å². The van der Waals surface area contributed by atoms with E-state index in [0.29, 0.717) is 18.0 Å². The van der Waals surface area contributed by atoms with Crippen molar-refractivity contribution in [2.45, 2.75) is 31.7 Å². The molecule has 0 bridgehead atoms. The van der Waals surface area contributed by atoms with E-state index in [4.69, 9.17) is 0 Å². The zero-order chi connectivity index (χ0) is 17.3. The Bertz CT molecular complexity index is 656. The van der Waals surface area contributed by atoms with Crippen molar-refractivity contribution in [2.24, 2.45) is 11.8 Å². The fourth-order valence-corrected chi connectivity index (χ4v) is 3.11. The lowest BCUT2D eigenvalue weighted by atomic mass is 9.91. The van der Waals surface area contributed by atoms with Gasteiger partial charge in [0.05, 0.1) is 5.92 Å². The largest absolute Gasteiger partial charge is 0.479 e. The zero-order valence-electron chi connectivity index (χ0n) is 13.7. The van der Waals surface area contributed by atoms with Crippen LogP contribution in [-0.4, -0.2) is 40.9 Å². The normalized spacial score (nSPS) is 23.0. The molecule has 1 saturated carbocycles. The van der Waals surface area contributed by atoms with Crippen LogP contribution in [0.4, 0.5) is 0 Å². The second kappa shape index (κ2) is 6.26. The lowest BCUT2D eigenvalue weighted by molar-refractivity contribution is -0.148. The van der Waals surface area contributed by atoms with Gasteiger partial charge in [-0.1, -0.05) is 30.3 Å². The first-order chi connectivity index (χ1) is 11.4. The predicted molar refractivity (Wildman–Crippen MR) is 87.0 cm³/mol. The lowest BCUT2D eigenvalue weighted by Gasteiger charge is -2.28. The Morgan fingerprint density at radius 3 is 2.54 bits per heavy atom. The molecule has 2 aliphatic rings. The number of hydrogen-bond acceptors (Lipinski definition) is 3. The van der Waals surface area contributed by atoms with Crippen LogP contribution in [0.3, 0.4) is 0 Å². The second-order valence-electron chi connectivity index (χ2n) is 6.93. The Labute approximate surface area is 140 Å². The summed E-state index contributed by atoms with van der Waals surface area (Å²) in [6.45, 7) is 2.57. The second-order valence-corrected chi connectivity index (χ2v) is 6.93. The van der Waals surface area contributed by atoms with E-state index in [9.17, 15) is 19.5 Å². The van der Waals surface area contributed by atoms with Crippen molar-refractivity contribution < 1.29 is 19.5 Å². The molecule has 2 amide bonds. The molecule has 2 N–H and O–H groups in total. The minimum atomic E-state index is -1.51. The van der Waals surface area contributed by atoms with Crippen LogP contribution in [0.5, 0.6) is 0 Å². The Morgan fingerprint density at radius 2 is 1.96 bits per heavy atom. The number of carboxylic acids is 1. The minimum Gasteiger partial charge on any atom is -0.479 e. The Morgan fingerprint density at radius 1 is 1.29 bits per heavy atom. The molecule has 1 aromatic carbocycles. The molecule has 6 nitrogen and oxygen atoms in total. The van der Waals surface area contributed by atoms with Gasteiger partial charge in [-0.05, 0) is 31.2 Å². The molecule has 6 heteroatoms. The molecule has 128 valence electrons. The quantitative estimate of drug-likeness (QED) is 0.824. The topological polar surface area (TPSA) is 86.7 Å². The van der Waals surface area contributed by atoms with Gasteiger partial charge >= 0.3 is 5.97 Å². The molecule has 0 aromatic heterocycles. The highest BCUT2D eigenvalue weighted by Gasteiger charge is 2.42. The summed E-state index contributed by atoms with van der Waals surface area (Å²) in [5, 5.41) is 12.3. The van der Waals surface area contributed by atoms with Crippen LogP contribution in [0.15, 0.2) is 30.3 Å². The summed E-state index contributed by atoms with van der Waals surface area (Å²) in [6, 6.07) is 8.61. The first-order valence-corrected chi connectivity index (χ1v) is 8.29. The number of carbonyl (C=O) groups is 3. The van der Waals surface area contributed by atoms with Crippen LogP contribution in [0.1, 0.15) is 31.7 Å². The standard InChI is InChI=1S/C18H22N2O4/c1-18(17(23)24,14-5-3-2-4-6-14)19-16(22)13-9-15(21)20(11-13)10-12-7-8-12/h2-6,12-13H,7-11H2,1H3,(H,19,22)(H,23,24)/t13-,18+/m1/s1. The summed E-state index contributed by atoms with van der Waals surface area (Å²) in [6.07, 6.45) is 2.44. The maximum atomic E-state index is 12.6. The fraction of sp³-hybridized carbons (Fsp3) is 0.500. The molecule has 1 aromatic rings. The van der Waals surface area contributed by atoms with Crippen molar-refractivity contribution in [3.05, 3.63) is 35.9 Å². The molecule has 0 radical (unpaired) electrons. The SMILES string of the molecule is C[C@@](NC(=O)[C@@H]1CC(=O)N(CC2CC2)C1)(C(=O)O)c1ccccc1. The Balaban J connectivity index is 1.70. The van der Waals surface area contributed by atoms with E-state index < -0.39 is 17.4 Å². The van der Waals surface area contributed by atoms with Gasteiger partial charge in [-0.2, -0.15) is 0 Å². The highest BCUT2D eigenvalue weighted by molar-refractivity contribution is 5.93. The smallest absolute Gasteiger partial charge is 0.333 e. The Kier molecular flexibility index (Phi) is 4.30. The molecule has 1 aliphatic heterocycles. The third-order valence-corrected chi connectivity index (χ3v) is 4.91. The summed E-state index contributed by atoms with van der Waals surface area (Å²) >= 11 is 0.